The van der Waals surface area contributed by atoms with E-state index < -0.39 is 5.54 Å². The second kappa shape index (κ2) is 9.82. The lowest BCUT2D eigenvalue weighted by atomic mass is 9.83. The highest BCUT2D eigenvalue weighted by Gasteiger charge is 2.49. The summed E-state index contributed by atoms with van der Waals surface area (Å²) in [4.78, 5) is 44.7. The SMILES string of the molecule is COc1ccc2c(c1)C(=O)N(C1(C(O)=c3ccc(=C4CC(C)C5C=CC=CC5=NC4=O)cc3)CNC(=O)NC1)C2. The van der Waals surface area contributed by atoms with Crippen LogP contribution in [0.1, 0.15) is 29.3 Å². The van der Waals surface area contributed by atoms with Crippen LogP contribution in [-0.2, 0) is 11.3 Å². The summed E-state index contributed by atoms with van der Waals surface area (Å²) in [5, 5.41) is 18.4. The fraction of sp³-hybridized carbons (Fsp3) is 0.290. The van der Waals surface area contributed by atoms with Crippen molar-refractivity contribution in [2.45, 2.75) is 25.4 Å². The van der Waals surface area contributed by atoms with Crippen LogP contribution in [0.25, 0.3) is 11.3 Å². The molecule has 9 nitrogen and oxygen atoms in total. The number of fused-ring (bicyclic) bond motifs is 2. The zero-order valence-electron chi connectivity index (χ0n) is 22.3. The molecule has 6 rings (SSSR count). The maximum absolute atomic E-state index is 13.6. The number of hydrogen-bond acceptors (Lipinski definition) is 5. The topological polar surface area (TPSA) is 120 Å². The second-order valence-electron chi connectivity index (χ2n) is 10.7. The highest BCUT2D eigenvalue weighted by Crippen LogP contribution is 2.35. The zero-order valence-corrected chi connectivity index (χ0v) is 22.3. The summed E-state index contributed by atoms with van der Waals surface area (Å²) in [6.07, 6.45) is 8.43. The molecule has 2 aromatic rings. The average molecular weight is 539 g/mol. The molecule has 2 aromatic carbocycles. The van der Waals surface area contributed by atoms with Gasteiger partial charge in [-0.15, -0.1) is 0 Å². The van der Waals surface area contributed by atoms with Gasteiger partial charge in [-0.05, 0) is 41.3 Å². The lowest BCUT2D eigenvalue weighted by molar-refractivity contribution is -0.112. The predicted molar refractivity (Wildman–Crippen MR) is 150 cm³/mol. The van der Waals surface area contributed by atoms with E-state index >= 15 is 0 Å². The summed E-state index contributed by atoms with van der Waals surface area (Å²) in [6, 6.07) is 12.1. The van der Waals surface area contributed by atoms with Gasteiger partial charge in [-0.25, -0.2) is 9.79 Å². The molecule has 0 bridgehead atoms. The third-order valence-corrected chi connectivity index (χ3v) is 8.33. The van der Waals surface area contributed by atoms with E-state index in [0.29, 0.717) is 28.5 Å². The summed E-state index contributed by atoms with van der Waals surface area (Å²) in [6.45, 7) is 2.46. The Morgan fingerprint density at radius 2 is 1.82 bits per heavy atom. The monoisotopic (exact) mass is 538 g/mol. The Labute approximate surface area is 231 Å². The number of aliphatic hydroxyl groups is 1. The first-order valence-electron chi connectivity index (χ1n) is 13.3. The number of rotatable bonds is 3. The summed E-state index contributed by atoms with van der Waals surface area (Å²) in [5.41, 5.74) is 1.50. The largest absolute Gasteiger partial charge is 0.509 e. The number of allylic oxidation sites excluding steroid dienone is 4. The van der Waals surface area contributed by atoms with Crippen molar-refractivity contribution in [2.24, 2.45) is 16.8 Å². The molecular formula is C31H30N4O5. The summed E-state index contributed by atoms with van der Waals surface area (Å²) < 4.78 is 5.30. The van der Waals surface area contributed by atoms with Crippen LogP contribution in [0.2, 0.25) is 0 Å². The van der Waals surface area contributed by atoms with Crippen LogP contribution in [-0.4, -0.2) is 59.3 Å². The Bertz CT molecular complexity index is 1620. The molecule has 0 aromatic heterocycles. The van der Waals surface area contributed by atoms with Gasteiger partial charge < -0.3 is 25.4 Å². The van der Waals surface area contributed by atoms with Crippen molar-refractivity contribution in [3.63, 3.8) is 0 Å². The maximum Gasteiger partial charge on any atom is 0.314 e. The number of methoxy groups -OCH3 is 1. The number of nitrogens with zero attached hydrogens (tertiary/aromatic N) is 2. The maximum atomic E-state index is 13.6. The van der Waals surface area contributed by atoms with Gasteiger partial charge in [0.1, 0.15) is 17.0 Å². The Balaban J connectivity index is 1.41. The second-order valence-corrected chi connectivity index (χ2v) is 10.7. The molecule has 0 radical (unpaired) electrons. The Morgan fingerprint density at radius 1 is 1.07 bits per heavy atom. The standard InChI is InChI=1S/C31H30N4O5/c1-18-13-24(28(37)34-26-6-4-3-5-23(18)26)19-7-9-20(10-8-19)27(36)31(16-32-30(39)33-17-31)35-15-21-11-12-22(40-2)14-25(21)29(35)38/h3-12,14,18,23,36H,13,15-17H2,1-2H3,(H2,32,33,39). The molecule has 204 valence electrons. The normalized spacial score (nSPS) is 23.1. The molecule has 3 aliphatic heterocycles. The van der Waals surface area contributed by atoms with Crippen LogP contribution in [0.15, 0.2) is 71.8 Å². The van der Waals surface area contributed by atoms with Crippen LogP contribution >= 0.6 is 0 Å². The van der Waals surface area contributed by atoms with Gasteiger partial charge in [0.25, 0.3) is 11.8 Å². The summed E-state index contributed by atoms with van der Waals surface area (Å²) >= 11 is 0. The number of ether oxygens (including phenoxy) is 1. The molecule has 3 heterocycles. The van der Waals surface area contributed by atoms with Gasteiger partial charge in [-0.3, -0.25) is 9.59 Å². The highest BCUT2D eigenvalue weighted by atomic mass is 16.5. The van der Waals surface area contributed by atoms with Gasteiger partial charge in [0.2, 0.25) is 0 Å². The quantitative estimate of drug-likeness (QED) is 0.552. The van der Waals surface area contributed by atoms with Crippen molar-refractivity contribution in [3.8, 4) is 5.75 Å². The molecule has 1 saturated heterocycles. The first-order valence-corrected chi connectivity index (χ1v) is 13.3. The fourth-order valence-corrected chi connectivity index (χ4v) is 6.02. The molecule has 2 atom stereocenters. The molecule has 3 N–H and O–H groups in total. The van der Waals surface area contributed by atoms with E-state index in [9.17, 15) is 19.5 Å². The van der Waals surface area contributed by atoms with Crippen LogP contribution in [0.5, 0.6) is 5.75 Å². The number of hydrogen-bond donors (Lipinski definition) is 3. The average Bonchev–Trinajstić information content (AvgIpc) is 3.25. The van der Waals surface area contributed by atoms with Crippen LogP contribution in [0, 0.1) is 11.8 Å². The molecular weight excluding hydrogens is 508 g/mol. The van der Waals surface area contributed by atoms with Crippen LogP contribution in [0.4, 0.5) is 4.79 Å². The minimum absolute atomic E-state index is 0.0383. The van der Waals surface area contributed by atoms with Gasteiger partial charge in [-0.1, -0.05) is 55.5 Å². The third kappa shape index (κ3) is 4.18. The number of carbonyl (C=O) groups excluding carboxylic acids is 3. The van der Waals surface area contributed by atoms with Crippen molar-refractivity contribution in [1.29, 1.82) is 0 Å². The number of aliphatic hydroxyl groups excluding tert-OH is 1. The van der Waals surface area contributed by atoms with Crippen molar-refractivity contribution in [3.05, 3.63) is 88.3 Å². The molecule has 1 aliphatic carbocycles. The Kier molecular flexibility index (Phi) is 6.29. The van der Waals surface area contributed by atoms with Gasteiger partial charge >= 0.3 is 6.03 Å². The fourth-order valence-electron chi connectivity index (χ4n) is 6.02. The van der Waals surface area contributed by atoms with Gasteiger partial charge in [0.05, 0.1) is 25.9 Å². The van der Waals surface area contributed by atoms with E-state index in [2.05, 4.69) is 28.6 Å². The van der Waals surface area contributed by atoms with E-state index in [0.717, 1.165) is 16.5 Å². The molecule has 4 aliphatic rings. The number of aliphatic imine (C=N–C) groups is 1. The highest BCUT2D eigenvalue weighted by molar-refractivity contribution is 6.21. The van der Waals surface area contributed by atoms with Crippen LogP contribution < -0.4 is 25.8 Å². The van der Waals surface area contributed by atoms with Crippen molar-refractivity contribution >= 4 is 34.9 Å². The Hall–Kier alpha value is -4.66. The summed E-state index contributed by atoms with van der Waals surface area (Å²) in [5.74, 6) is 0.302. The van der Waals surface area contributed by atoms with Crippen molar-refractivity contribution < 1.29 is 24.2 Å². The van der Waals surface area contributed by atoms with Gasteiger partial charge in [-0.2, -0.15) is 0 Å². The first kappa shape index (κ1) is 25.6. The molecule has 0 saturated carbocycles. The molecule has 4 amide bonds. The minimum atomic E-state index is -1.22. The van der Waals surface area contributed by atoms with Crippen molar-refractivity contribution in [2.75, 3.05) is 20.2 Å². The molecule has 9 heteroatoms. The van der Waals surface area contributed by atoms with E-state index in [1.165, 1.54) is 0 Å². The lowest BCUT2D eigenvalue weighted by Gasteiger charge is -2.44. The van der Waals surface area contributed by atoms with Crippen LogP contribution in [0.3, 0.4) is 0 Å². The van der Waals surface area contributed by atoms with Gasteiger partial charge in [0, 0.05) is 28.8 Å². The van der Waals surface area contributed by atoms with E-state index in [1.807, 2.05) is 24.3 Å². The Morgan fingerprint density at radius 3 is 2.55 bits per heavy atom. The smallest absolute Gasteiger partial charge is 0.314 e. The molecule has 2 unspecified atom stereocenters. The number of amides is 4. The third-order valence-electron chi connectivity index (χ3n) is 8.33. The van der Waals surface area contributed by atoms with E-state index in [4.69, 9.17) is 4.74 Å². The van der Waals surface area contributed by atoms with E-state index in [1.54, 1.807) is 48.4 Å². The number of nitrogens with one attached hydrogen (secondary N) is 2. The van der Waals surface area contributed by atoms with E-state index in [-0.39, 0.29) is 55.1 Å². The zero-order chi connectivity index (χ0) is 28.0. The number of carbonyl (C=O) groups is 3. The number of benzene rings is 2. The number of urea groups is 1. The predicted octanol–water partition coefficient (Wildman–Crippen LogP) is 1.97. The van der Waals surface area contributed by atoms with Crippen molar-refractivity contribution in [1.82, 2.24) is 15.5 Å². The first-order chi connectivity index (χ1) is 19.3. The van der Waals surface area contributed by atoms with Gasteiger partial charge in [0.15, 0.2) is 0 Å². The minimum Gasteiger partial charge on any atom is -0.509 e. The lowest BCUT2D eigenvalue weighted by Crippen LogP contribution is -2.68. The summed E-state index contributed by atoms with van der Waals surface area (Å²) in [7, 11) is 1.54. The molecule has 40 heavy (non-hydrogen) atoms. The molecule has 1 fully saturated rings. The molecule has 0 spiro atoms.